The Hall–Kier alpha value is -2.92. The first-order valence-electron chi connectivity index (χ1n) is 8.63. The summed E-state index contributed by atoms with van der Waals surface area (Å²) in [4.78, 5) is 24.8. The third-order valence-electron chi connectivity index (χ3n) is 4.44. The van der Waals surface area contributed by atoms with Gasteiger partial charge in [0.15, 0.2) is 0 Å². The summed E-state index contributed by atoms with van der Waals surface area (Å²) < 4.78 is 2.10. The number of hydrogen-bond acceptors (Lipinski definition) is 2. The summed E-state index contributed by atoms with van der Waals surface area (Å²) in [5.41, 5.74) is 8.12. The van der Waals surface area contributed by atoms with Crippen molar-refractivity contribution in [2.24, 2.45) is 5.73 Å². The van der Waals surface area contributed by atoms with Gasteiger partial charge in [-0.25, -0.2) is 4.59 Å². The van der Waals surface area contributed by atoms with E-state index in [1.54, 1.807) is 4.68 Å². The molecule has 0 saturated carbocycles. The minimum absolute atomic E-state index is 0.0465. The predicted octanol–water partition coefficient (Wildman–Crippen LogP) is 2.41. The van der Waals surface area contributed by atoms with Gasteiger partial charge in [0, 0.05) is 12.0 Å². The number of aryl methyl sites for hydroxylation is 1. The van der Waals surface area contributed by atoms with Crippen LogP contribution in [0.15, 0.2) is 59.4 Å². The molecule has 1 amide bonds. The lowest BCUT2D eigenvalue weighted by atomic mass is 9.96. The monoisotopic (exact) mass is 350 g/mol. The Morgan fingerprint density at radius 3 is 2.12 bits per heavy atom. The van der Waals surface area contributed by atoms with Crippen molar-refractivity contribution in [3.8, 4) is 11.3 Å². The highest BCUT2D eigenvalue weighted by molar-refractivity contribution is 5.90. The normalized spacial score (nSPS) is 11.7. The van der Waals surface area contributed by atoms with Gasteiger partial charge in [0.1, 0.15) is 5.69 Å². The number of carbonyl (C=O) groups excluding carboxylic acids is 1. The molecule has 1 aromatic heterocycles. The molecule has 5 nitrogen and oxygen atoms in total. The molecule has 134 valence electrons. The standard InChI is InChI=1S/C21H23N3O2/c1-24(2,3)23-20(15-9-5-4-6-10-15)17(13-14-19(22)25)16-11-7-8-12-18(16)21(23)26/h4-12H,13-14H2,1-3H3,(H-,22,25)/p+1. The zero-order valence-electron chi connectivity index (χ0n) is 15.4. The summed E-state index contributed by atoms with van der Waals surface area (Å²) in [5.74, 6) is -0.351. The molecule has 0 bridgehead atoms. The maximum atomic E-state index is 13.3. The van der Waals surface area contributed by atoms with Crippen molar-refractivity contribution < 1.29 is 4.79 Å². The van der Waals surface area contributed by atoms with Crippen LogP contribution in [-0.4, -0.2) is 31.7 Å². The fourth-order valence-electron chi connectivity index (χ4n) is 3.37. The van der Waals surface area contributed by atoms with Crippen molar-refractivity contribution in [2.45, 2.75) is 12.8 Å². The average molecular weight is 350 g/mol. The van der Waals surface area contributed by atoms with Crippen molar-refractivity contribution in [1.82, 2.24) is 9.27 Å². The SMILES string of the molecule is C[N+](C)(C)n1c(-c2ccccc2)c(CCC(N)=O)c2ccccc2c1=O. The molecule has 0 atom stereocenters. The maximum Gasteiger partial charge on any atom is 0.304 e. The van der Waals surface area contributed by atoms with E-state index in [-0.39, 0.29) is 17.9 Å². The quantitative estimate of drug-likeness (QED) is 0.718. The van der Waals surface area contributed by atoms with E-state index in [0.717, 1.165) is 22.2 Å². The van der Waals surface area contributed by atoms with Gasteiger partial charge in [0.05, 0.1) is 26.5 Å². The molecule has 3 aromatic rings. The van der Waals surface area contributed by atoms with Crippen LogP contribution >= 0.6 is 0 Å². The number of nitrogens with two attached hydrogens (primary N) is 1. The molecule has 0 saturated heterocycles. The molecular weight excluding hydrogens is 326 g/mol. The Bertz CT molecular complexity index is 1020. The van der Waals surface area contributed by atoms with Gasteiger partial charge < -0.3 is 5.73 Å². The van der Waals surface area contributed by atoms with E-state index in [1.165, 1.54) is 0 Å². The Kier molecular flexibility index (Phi) is 4.66. The second-order valence-electron chi connectivity index (χ2n) is 7.26. The molecule has 1 heterocycles. The van der Waals surface area contributed by atoms with Crippen molar-refractivity contribution in [2.75, 3.05) is 21.1 Å². The number of hydrogen-bond donors (Lipinski definition) is 1. The number of primary amides is 1. The number of amides is 1. The Morgan fingerprint density at radius 1 is 0.962 bits per heavy atom. The van der Waals surface area contributed by atoms with Crippen molar-refractivity contribution >= 4 is 16.7 Å². The second-order valence-corrected chi connectivity index (χ2v) is 7.26. The molecule has 26 heavy (non-hydrogen) atoms. The van der Waals surface area contributed by atoms with E-state index in [9.17, 15) is 9.59 Å². The van der Waals surface area contributed by atoms with Gasteiger partial charge >= 0.3 is 5.56 Å². The van der Waals surface area contributed by atoms with Crippen LogP contribution in [0.5, 0.6) is 0 Å². The minimum atomic E-state index is -0.351. The number of quaternary nitrogens is 1. The zero-order valence-corrected chi connectivity index (χ0v) is 15.4. The predicted molar refractivity (Wildman–Crippen MR) is 106 cm³/mol. The molecule has 0 radical (unpaired) electrons. The molecule has 3 rings (SSSR count). The van der Waals surface area contributed by atoms with Gasteiger partial charge in [-0.3, -0.25) is 9.59 Å². The van der Waals surface area contributed by atoms with E-state index >= 15 is 0 Å². The molecule has 0 aliphatic carbocycles. The zero-order chi connectivity index (χ0) is 18.9. The van der Waals surface area contributed by atoms with Crippen LogP contribution in [0, 0.1) is 0 Å². The average Bonchev–Trinajstić information content (AvgIpc) is 2.60. The summed E-state index contributed by atoms with van der Waals surface area (Å²) in [6.07, 6.45) is 0.722. The van der Waals surface area contributed by atoms with Crippen LogP contribution in [0.25, 0.3) is 22.0 Å². The number of benzene rings is 2. The van der Waals surface area contributed by atoms with E-state index in [0.29, 0.717) is 16.4 Å². The third-order valence-corrected chi connectivity index (χ3v) is 4.44. The van der Waals surface area contributed by atoms with Crippen LogP contribution in [0.2, 0.25) is 0 Å². The number of pyridine rings is 1. The van der Waals surface area contributed by atoms with Crippen LogP contribution in [0.4, 0.5) is 0 Å². The van der Waals surface area contributed by atoms with Crippen LogP contribution in [-0.2, 0) is 11.2 Å². The van der Waals surface area contributed by atoms with E-state index in [2.05, 4.69) is 0 Å². The largest absolute Gasteiger partial charge is 0.370 e. The molecule has 0 aliphatic heterocycles. The van der Waals surface area contributed by atoms with Crippen molar-refractivity contribution in [1.29, 1.82) is 0 Å². The highest BCUT2D eigenvalue weighted by Gasteiger charge is 2.25. The fraction of sp³-hybridized carbons (Fsp3) is 0.238. The highest BCUT2D eigenvalue weighted by Crippen LogP contribution is 2.30. The lowest BCUT2D eigenvalue weighted by Gasteiger charge is -2.30. The first kappa shape index (κ1) is 17.9. The second kappa shape index (κ2) is 6.77. The van der Waals surface area contributed by atoms with Gasteiger partial charge in [-0.2, -0.15) is 4.68 Å². The number of carbonyl (C=O) groups is 1. The Balaban J connectivity index is 2.48. The Labute approximate surface area is 152 Å². The number of aromatic nitrogens is 1. The van der Waals surface area contributed by atoms with Crippen LogP contribution in [0.1, 0.15) is 12.0 Å². The van der Waals surface area contributed by atoms with Gasteiger partial charge in [-0.15, -0.1) is 0 Å². The first-order valence-corrected chi connectivity index (χ1v) is 8.63. The molecule has 5 heteroatoms. The van der Waals surface area contributed by atoms with Crippen LogP contribution < -0.4 is 15.9 Å². The molecule has 0 fully saturated rings. The van der Waals surface area contributed by atoms with Gasteiger partial charge in [0.25, 0.3) is 0 Å². The molecular formula is C21H24N3O2+. The molecule has 2 N–H and O–H groups in total. The van der Waals surface area contributed by atoms with Crippen molar-refractivity contribution in [3.63, 3.8) is 0 Å². The maximum absolute atomic E-state index is 13.3. The van der Waals surface area contributed by atoms with Crippen LogP contribution in [0.3, 0.4) is 0 Å². The Morgan fingerprint density at radius 2 is 1.54 bits per heavy atom. The third kappa shape index (κ3) is 3.26. The summed E-state index contributed by atoms with van der Waals surface area (Å²) in [5, 5.41) is 1.53. The summed E-state index contributed by atoms with van der Waals surface area (Å²) >= 11 is 0. The van der Waals surface area contributed by atoms with E-state index in [4.69, 9.17) is 5.73 Å². The fourth-order valence-corrected chi connectivity index (χ4v) is 3.37. The lowest BCUT2D eigenvalue weighted by molar-refractivity contribution is -0.117. The minimum Gasteiger partial charge on any atom is -0.370 e. The van der Waals surface area contributed by atoms with Crippen molar-refractivity contribution in [3.05, 3.63) is 70.5 Å². The van der Waals surface area contributed by atoms with Gasteiger partial charge in [-0.05, 0) is 23.4 Å². The molecule has 0 spiro atoms. The lowest BCUT2D eigenvalue weighted by Crippen LogP contribution is -2.53. The molecule has 0 unspecified atom stereocenters. The molecule has 0 aliphatic rings. The molecule has 2 aromatic carbocycles. The smallest absolute Gasteiger partial charge is 0.304 e. The van der Waals surface area contributed by atoms with Gasteiger partial charge in [0.2, 0.25) is 5.91 Å². The number of fused-ring (bicyclic) bond motifs is 1. The topological polar surface area (TPSA) is 65.1 Å². The summed E-state index contributed by atoms with van der Waals surface area (Å²) in [6, 6.07) is 17.4. The van der Waals surface area contributed by atoms with E-state index < -0.39 is 0 Å². The van der Waals surface area contributed by atoms with Gasteiger partial charge in [-0.1, -0.05) is 48.5 Å². The number of nitrogens with zero attached hydrogens (tertiary/aromatic N) is 2. The summed E-state index contributed by atoms with van der Waals surface area (Å²) in [7, 11) is 5.88. The highest BCUT2D eigenvalue weighted by atomic mass is 16.1. The van der Waals surface area contributed by atoms with E-state index in [1.807, 2.05) is 75.7 Å². The first-order chi connectivity index (χ1) is 12.3. The summed E-state index contributed by atoms with van der Waals surface area (Å²) in [6.45, 7) is 0. The number of rotatable bonds is 5.